The highest BCUT2D eigenvalue weighted by Gasteiger charge is 2.32. The van der Waals surface area contributed by atoms with Crippen molar-refractivity contribution in [2.24, 2.45) is 5.41 Å². The van der Waals surface area contributed by atoms with Crippen LogP contribution in [0.4, 0.5) is 0 Å². The monoisotopic (exact) mass is 649 g/mol. The standard InChI is InChI=1S/C42H80O4/c1-5-7-9-11-13-15-17-19-21-23-25-27-29-31-33-35-37-45-40(43)39-42(3,4)41(44)46-38-36-34-32-30-28-26-24-22-20-18-16-14-12-10-8-6-2/h19-22,40,43H,5-18,23-39H2,1-4H3/b21-19-,22-20-. The number of ether oxygens (including phenoxy) is 2. The molecule has 0 fully saturated rings. The topological polar surface area (TPSA) is 55.8 Å². The van der Waals surface area contributed by atoms with Gasteiger partial charge in [-0.15, -0.1) is 0 Å². The van der Waals surface area contributed by atoms with Crippen molar-refractivity contribution < 1.29 is 19.4 Å². The van der Waals surface area contributed by atoms with Crippen molar-refractivity contribution in [2.45, 2.75) is 220 Å². The van der Waals surface area contributed by atoms with Crippen LogP contribution in [0.5, 0.6) is 0 Å². The summed E-state index contributed by atoms with van der Waals surface area (Å²) >= 11 is 0. The smallest absolute Gasteiger partial charge is 0.311 e. The summed E-state index contributed by atoms with van der Waals surface area (Å²) in [6, 6.07) is 0. The van der Waals surface area contributed by atoms with Crippen molar-refractivity contribution in [3.63, 3.8) is 0 Å². The van der Waals surface area contributed by atoms with Crippen LogP contribution in [0.2, 0.25) is 0 Å². The molecule has 1 N–H and O–H groups in total. The lowest BCUT2D eigenvalue weighted by molar-refractivity contribution is -0.165. The van der Waals surface area contributed by atoms with Crippen molar-refractivity contribution >= 4 is 5.97 Å². The van der Waals surface area contributed by atoms with Gasteiger partial charge in [-0.3, -0.25) is 4.79 Å². The zero-order chi connectivity index (χ0) is 33.8. The second-order valence-electron chi connectivity index (χ2n) is 14.4. The van der Waals surface area contributed by atoms with E-state index in [1.165, 1.54) is 154 Å². The van der Waals surface area contributed by atoms with E-state index in [-0.39, 0.29) is 12.4 Å². The normalized spacial score (nSPS) is 12.9. The van der Waals surface area contributed by atoms with Gasteiger partial charge in [-0.2, -0.15) is 0 Å². The van der Waals surface area contributed by atoms with Crippen molar-refractivity contribution in [1.29, 1.82) is 0 Å². The van der Waals surface area contributed by atoms with Gasteiger partial charge in [0, 0.05) is 13.0 Å². The van der Waals surface area contributed by atoms with E-state index in [2.05, 4.69) is 38.2 Å². The van der Waals surface area contributed by atoms with Crippen LogP contribution >= 0.6 is 0 Å². The Hall–Kier alpha value is -1.13. The Morgan fingerprint density at radius 1 is 0.522 bits per heavy atom. The zero-order valence-electron chi connectivity index (χ0n) is 31.5. The maximum absolute atomic E-state index is 12.6. The quantitative estimate of drug-likeness (QED) is 0.0318. The highest BCUT2D eigenvalue weighted by Crippen LogP contribution is 2.25. The first-order valence-electron chi connectivity index (χ1n) is 20.2. The van der Waals surface area contributed by atoms with Crippen molar-refractivity contribution in [3.8, 4) is 0 Å². The fourth-order valence-corrected chi connectivity index (χ4v) is 5.86. The van der Waals surface area contributed by atoms with Crippen molar-refractivity contribution in [3.05, 3.63) is 24.3 Å². The molecule has 0 spiro atoms. The maximum Gasteiger partial charge on any atom is 0.311 e. The van der Waals surface area contributed by atoms with Crippen LogP contribution in [0.1, 0.15) is 214 Å². The van der Waals surface area contributed by atoms with Gasteiger partial charge in [-0.1, -0.05) is 154 Å². The molecular formula is C42H80O4. The summed E-state index contributed by atoms with van der Waals surface area (Å²) in [5.74, 6) is -0.236. The lowest BCUT2D eigenvalue weighted by atomic mass is 9.89. The molecule has 0 aromatic heterocycles. The minimum atomic E-state index is -0.920. The molecule has 0 aromatic carbocycles. The van der Waals surface area contributed by atoms with Crippen LogP contribution in [0.25, 0.3) is 0 Å². The van der Waals surface area contributed by atoms with Gasteiger partial charge < -0.3 is 14.6 Å². The van der Waals surface area contributed by atoms with Crippen LogP contribution in [-0.2, 0) is 14.3 Å². The number of aliphatic hydroxyl groups excluding tert-OH is 1. The predicted molar refractivity (Wildman–Crippen MR) is 200 cm³/mol. The molecule has 0 aliphatic heterocycles. The Morgan fingerprint density at radius 3 is 1.24 bits per heavy atom. The summed E-state index contributed by atoms with van der Waals surface area (Å²) in [5, 5.41) is 10.3. The minimum absolute atomic E-state index is 0.236. The molecule has 0 aliphatic carbocycles. The predicted octanol–water partition coefficient (Wildman–Crippen LogP) is 13.4. The average molecular weight is 649 g/mol. The number of unbranched alkanes of at least 4 members (excludes halogenated alkanes) is 24. The molecule has 4 heteroatoms. The van der Waals surface area contributed by atoms with E-state index < -0.39 is 11.7 Å². The summed E-state index contributed by atoms with van der Waals surface area (Å²) < 4.78 is 11.2. The Bertz CT molecular complexity index is 683. The second-order valence-corrected chi connectivity index (χ2v) is 14.4. The maximum atomic E-state index is 12.6. The second kappa shape index (κ2) is 35.2. The number of allylic oxidation sites excluding steroid dienone is 4. The van der Waals surface area contributed by atoms with Crippen LogP contribution in [0.3, 0.4) is 0 Å². The number of rotatable bonds is 36. The van der Waals surface area contributed by atoms with Gasteiger partial charge in [0.15, 0.2) is 6.29 Å². The van der Waals surface area contributed by atoms with E-state index in [1.807, 2.05) is 13.8 Å². The molecule has 1 atom stereocenters. The van der Waals surface area contributed by atoms with E-state index in [0.717, 1.165) is 25.7 Å². The van der Waals surface area contributed by atoms with Gasteiger partial charge in [-0.05, 0) is 78.1 Å². The lowest BCUT2D eigenvalue weighted by Gasteiger charge is -2.25. The summed E-state index contributed by atoms with van der Waals surface area (Å²) in [4.78, 5) is 12.6. The lowest BCUT2D eigenvalue weighted by Crippen LogP contribution is -2.32. The summed E-state index contributed by atoms with van der Waals surface area (Å²) in [5.41, 5.74) is -0.745. The molecule has 0 rings (SSSR count). The molecule has 0 heterocycles. The van der Waals surface area contributed by atoms with Gasteiger partial charge in [0.05, 0.1) is 12.0 Å². The van der Waals surface area contributed by atoms with E-state index in [9.17, 15) is 9.90 Å². The number of hydrogen-bond acceptors (Lipinski definition) is 4. The first kappa shape index (κ1) is 44.9. The van der Waals surface area contributed by atoms with E-state index >= 15 is 0 Å². The minimum Gasteiger partial charge on any atom is -0.465 e. The molecule has 272 valence electrons. The molecule has 0 saturated heterocycles. The number of esters is 1. The van der Waals surface area contributed by atoms with Gasteiger partial charge in [0.1, 0.15) is 0 Å². The SMILES string of the molecule is CCCCCCCC/C=C\CCCCCCCCOC(=O)C(C)(C)CC(O)OCCCCCCCC/C=C\CCCCCCCC. The zero-order valence-corrected chi connectivity index (χ0v) is 31.5. The van der Waals surface area contributed by atoms with Crippen molar-refractivity contribution in [1.82, 2.24) is 0 Å². The van der Waals surface area contributed by atoms with Crippen LogP contribution < -0.4 is 0 Å². The molecule has 1 unspecified atom stereocenters. The molecule has 0 radical (unpaired) electrons. The fourth-order valence-electron chi connectivity index (χ4n) is 5.86. The van der Waals surface area contributed by atoms with E-state index in [0.29, 0.717) is 13.2 Å². The first-order valence-corrected chi connectivity index (χ1v) is 20.2. The van der Waals surface area contributed by atoms with Crippen LogP contribution in [-0.4, -0.2) is 30.6 Å². The first-order chi connectivity index (χ1) is 22.4. The van der Waals surface area contributed by atoms with Gasteiger partial charge in [-0.25, -0.2) is 0 Å². The summed E-state index contributed by atoms with van der Waals surface area (Å²) in [7, 11) is 0. The molecule has 0 saturated carbocycles. The number of carbonyl (C=O) groups is 1. The molecule has 0 amide bonds. The van der Waals surface area contributed by atoms with Crippen LogP contribution in [0.15, 0.2) is 24.3 Å². The van der Waals surface area contributed by atoms with Crippen LogP contribution in [0, 0.1) is 5.41 Å². The third-order valence-corrected chi connectivity index (χ3v) is 9.09. The molecule has 4 nitrogen and oxygen atoms in total. The molecule has 0 bridgehead atoms. The fraction of sp³-hybridized carbons (Fsp3) is 0.881. The third-order valence-electron chi connectivity index (χ3n) is 9.09. The Kier molecular flexibility index (Phi) is 34.3. The highest BCUT2D eigenvalue weighted by molar-refractivity contribution is 5.75. The molecule has 0 aromatic rings. The molecular weight excluding hydrogens is 568 g/mol. The van der Waals surface area contributed by atoms with Crippen molar-refractivity contribution in [2.75, 3.05) is 13.2 Å². The third kappa shape index (κ3) is 32.8. The number of hydrogen-bond donors (Lipinski definition) is 1. The van der Waals surface area contributed by atoms with Gasteiger partial charge >= 0.3 is 5.97 Å². The largest absolute Gasteiger partial charge is 0.465 e. The summed E-state index contributed by atoms with van der Waals surface area (Å²) in [6.45, 7) is 9.24. The highest BCUT2D eigenvalue weighted by atomic mass is 16.6. The van der Waals surface area contributed by atoms with Gasteiger partial charge in [0.2, 0.25) is 0 Å². The Labute approximate surface area is 288 Å². The molecule has 46 heavy (non-hydrogen) atoms. The average Bonchev–Trinajstić information content (AvgIpc) is 3.03. The Morgan fingerprint density at radius 2 is 0.848 bits per heavy atom. The number of carbonyl (C=O) groups excluding carboxylic acids is 1. The molecule has 0 aliphatic rings. The number of aliphatic hydroxyl groups is 1. The van der Waals surface area contributed by atoms with Gasteiger partial charge in [0.25, 0.3) is 0 Å². The van der Waals surface area contributed by atoms with E-state index in [4.69, 9.17) is 9.47 Å². The van der Waals surface area contributed by atoms with E-state index in [1.54, 1.807) is 0 Å². The summed E-state index contributed by atoms with van der Waals surface area (Å²) in [6.07, 6.45) is 44.4. The Balaban J connectivity index is 3.57.